The van der Waals surface area contributed by atoms with E-state index in [1.54, 1.807) is 0 Å². The fourth-order valence-corrected chi connectivity index (χ4v) is 8.42. The summed E-state index contributed by atoms with van der Waals surface area (Å²) in [6.45, 7) is 0. The predicted molar refractivity (Wildman–Crippen MR) is 253 cm³/mol. The van der Waals surface area contributed by atoms with Crippen molar-refractivity contribution in [3.8, 4) is 89.4 Å². The molecule has 2 heterocycles. The van der Waals surface area contributed by atoms with Crippen molar-refractivity contribution >= 4 is 22.1 Å². The first-order chi connectivity index (χ1) is 30.2. The number of hydrogen-bond acceptors (Lipinski definition) is 3. The highest BCUT2D eigenvalue weighted by Crippen LogP contribution is 2.39. The van der Waals surface area contributed by atoms with Crippen LogP contribution in [0, 0.1) is 0 Å². The van der Waals surface area contributed by atoms with Crippen molar-refractivity contribution < 1.29 is 4.42 Å². The molecular formula is C58H38N2O. The average Bonchev–Trinajstić information content (AvgIpc) is 3.73. The highest BCUT2D eigenvalue weighted by atomic mass is 16.3. The molecule has 0 spiro atoms. The van der Waals surface area contributed by atoms with Gasteiger partial charge in [0.1, 0.15) is 5.58 Å². The summed E-state index contributed by atoms with van der Waals surface area (Å²) < 4.78 is 6.47. The largest absolute Gasteiger partial charge is 0.438 e. The molecule has 11 aromatic rings. The minimum atomic E-state index is 0.567. The van der Waals surface area contributed by atoms with E-state index in [0.29, 0.717) is 11.5 Å². The molecule has 0 N–H and O–H groups in total. The topological polar surface area (TPSA) is 38.9 Å². The SMILES string of the molecule is c1ccc(-c2cccc(-c3cccc(-c4cccc(-c5nc(-c6cccc(-c7cccc(-c8cccc(-c9ccccc9)c8)c7)c6)c6c(n5)oc5ccccc56)c4)c3)c2)cc1. The van der Waals surface area contributed by atoms with E-state index in [2.05, 4.69) is 212 Å². The molecular weight excluding hydrogens is 741 g/mol. The number of aromatic nitrogens is 2. The molecule has 3 heteroatoms. The van der Waals surface area contributed by atoms with Crippen LogP contribution in [0.3, 0.4) is 0 Å². The van der Waals surface area contributed by atoms with E-state index < -0.39 is 0 Å². The number of furan rings is 1. The van der Waals surface area contributed by atoms with Gasteiger partial charge in [-0.3, -0.25) is 0 Å². The van der Waals surface area contributed by atoms with Crippen molar-refractivity contribution in [2.24, 2.45) is 0 Å². The maximum atomic E-state index is 6.47. The van der Waals surface area contributed by atoms with E-state index in [0.717, 1.165) is 61.0 Å². The first-order valence-electron chi connectivity index (χ1n) is 20.6. The van der Waals surface area contributed by atoms with Gasteiger partial charge >= 0.3 is 0 Å². The molecule has 286 valence electrons. The normalized spacial score (nSPS) is 11.3. The maximum absolute atomic E-state index is 6.47. The van der Waals surface area contributed by atoms with Crippen LogP contribution in [0.1, 0.15) is 0 Å². The third kappa shape index (κ3) is 7.09. The van der Waals surface area contributed by atoms with Crippen LogP contribution in [-0.4, -0.2) is 9.97 Å². The zero-order valence-corrected chi connectivity index (χ0v) is 33.2. The monoisotopic (exact) mass is 778 g/mol. The van der Waals surface area contributed by atoms with Gasteiger partial charge in [-0.2, -0.15) is 4.98 Å². The summed E-state index contributed by atoms with van der Waals surface area (Å²) in [4.78, 5) is 10.5. The summed E-state index contributed by atoms with van der Waals surface area (Å²) in [7, 11) is 0. The van der Waals surface area contributed by atoms with Gasteiger partial charge in [-0.25, -0.2) is 4.98 Å². The molecule has 0 saturated carbocycles. The Morgan fingerprint density at radius 1 is 0.262 bits per heavy atom. The van der Waals surface area contributed by atoms with E-state index in [9.17, 15) is 0 Å². The lowest BCUT2D eigenvalue weighted by Crippen LogP contribution is -1.94. The van der Waals surface area contributed by atoms with Crippen LogP contribution in [0.4, 0.5) is 0 Å². The molecule has 0 amide bonds. The number of benzene rings is 9. The predicted octanol–water partition coefficient (Wildman–Crippen LogP) is 15.7. The van der Waals surface area contributed by atoms with Gasteiger partial charge in [0.15, 0.2) is 5.82 Å². The third-order valence-corrected chi connectivity index (χ3v) is 11.5. The van der Waals surface area contributed by atoms with Gasteiger partial charge in [-0.05, 0) is 109 Å². The van der Waals surface area contributed by atoms with E-state index in [1.165, 1.54) is 38.9 Å². The number of rotatable bonds is 8. The maximum Gasteiger partial charge on any atom is 0.231 e. The molecule has 0 aliphatic carbocycles. The van der Waals surface area contributed by atoms with Crippen LogP contribution in [0.2, 0.25) is 0 Å². The Morgan fingerprint density at radius 3 is 1.05 bits per heavy atom. The molecule has 0 unspecified atom stereocenters. The van der Waals surface area contributed by atoms with Crippen molar-refractivity contribution in [2.45, 2.75) is 0 Å². The van der Waals surface area contributed by atoms with Gasteiger partial charge in [0.25, 0.3) is 0 Å². The number of fused-ring (bicyclic) bond motifs is 3. The molecule has 11 rings (SSSR count). The lowest BCUT2D eigenvalue weighted by Gasteiger charge is -2.11. The fraction of sp³-hybridized carbons (Fsp3) is 0. The average molecular weight is 779 g/mol. The van der Waals surface area contributed by atoms with Crippen LogP contribution in [-0.2, 0) is 0 Å². The lowest BCUT2D eigenvalue weighted by atomic mass is 9.95. The minimum Gasteiger partial charge on any atom is -0.438 e. The lowest BCUT2D eigenvalue weighted by molar-refractivity contribution is 0.653. The summed E-state index contributed by atoms with van der Waals surface area (Å²) >= 11 is 0. The number of para-hydroxylation sites is 1. The Kier molecular flexibility index (Phi) is 9.18. The summed E-state index contributed by atoms with van der Waals surface area (Å²) in [6.07, 6.45) is 0. The summed E-state index contributed by atoms with van der Waals surface area (Å²) in [5.74, 6) is 0.612. The first kappa shape index (κ1) is 36.0. The highest BCUT2D eigenvalue weighted by molar-refractivity contribution is 6.10. The van der Waals surface area contributed by atoms with Crippen molar-refractivity contribution in [3.63, 3.8) is 0 Å². The van der Waals surface area contributed by atoms with E-state index in [1.807, 2.05) is 18.2 Å². The van der Waals surface area contributed by atoms with E-state index in [4.69, 9.17) is 14.4 Å². The van der Waals surface area contributed by atoms with Crippen molar-refractivity contribution in [2.75, 3.05) is 0 Å². The molecule has 9 aromatic carbocycles. The first-order valence-corrected chi connectivity index (χ1v) is 20.6. The Hall–Kier alpha value is -8.14. The summed E-state index contributed by atoms with van der Waals surface area (Å²) in [5.41, 5.74) is 18.0. The Morgan fingerprint density at radius 2 is 0.590 bits per heavy atom. The van der Waals surface area contributed by atoms with Crippen LogP contribution >= 0.6 is 0 Å². The smallest absolute Gasteiger partial charge is 0.231 e. The van der Waals surface area contributed by atoms with Crippen LogP contribution in [0.5, 0.6) is 0 Å². The van der Waals surface area contributed by atoms with Crippen molar-refractivity contribution in [3.05, 3.63) is 231 Å². The Bertz CT molecular complexity index is 3370. The molecule has 0 aliphatic rings. The van der Waals surface area contributed by atoms with Gasteiger partial charge in [0.05, 0.1) is 11.1 Å². The van der Waals surface area contributed by atoms with Crippen LogP contribution in [0.25, 0.3) is 111 Å². The van der Waals surface area contributed by atoms with E-state index in [-0.39, 0.29) is 0 Å². The van der Waals surface area contributed by atoms with Crippen molar-refractivity contribution in [1.29, 1.82) is 0 Å². The molecule has 0 fully saturated rings. The number of hydrogen-bond donors (Lipinski definition) is 0. The van der Waals surface area contributed by atoms with Gasteiger partial charge in [0.2, 0.25) is 5.71 Å². The van der Waals surface area contributed by atoms with Crippen LogP contribution in [0.15, 0.2) is 235 Å². The molecule has 0 radical (unpaired) electrons. The second-order valence-electron chi connectivity index (χ2n) is 15.4. The van der Waals surface area contributed by atoms with Gasteiger partial charge < -0.3 is 4.42 Å². The highest BCUT2D eigenvalue weighted by Gasteiger charge is 2.19. The second-order valence-corrected chi connectivity index (χ2v) is 15.4. The molecule has 0 aliphatic heterocycles. The quantitative estimate of drug-likeness (QED) is 0.154. The Labute approximate surface area is 354 Å². The molecule has 3 nitrogen and oxygen atoms in total. The standard InChI is InChI=1S/C58H38N2O/c1-3-15-39(16-4-1)41-19-9-21-43(33-41)45-23-11-25-47(35-45)49-27-13-29-51(37-49)56-55-53-31-7-8-32-54(53)61-58(55)60-57(59-56)52-30-14-28-50(38-52)48-26-12-24-46(36-48)44-22-10-20-42(34-44)40-17-5-2-6-18-40/h1-38H. The van der Waals surface area contributed by atoms with Crippen LogP contribution < -0.4 is 0 Å². The molecule has 0 saturated heterocycles. The minimum absolute atomic E-state index is 0.567. The Balaban J connectivity index is 0.972. The van der Waals surface area contributed by atoms with Gasteiger partial charge in [-0.15, -0.1) is 0 Å². The number of nitrogens with zero attached hydrogens (tertiary/aromatic N) is 2. The molecule has 61 heavy (non-hydrogen) atoms. The zero-order valence-electron chi connectivity index (χ0n) is 33.2. The van der Waals surface area contributed by atoms with Gasteiger partial charge in [-0.1, -0.05) is 188 Å². The summed E-state index contributed by atoms with van der Waals surface area (Å²) in [5, 5.41) is 1.90. The summed E-state index contributed by atoms with van der Waals surface area (Å²) in [6, 6.07) is 81.4. The fourth-order valence-electron chi connectivity index (χ4n) is 8.42. The third-order valence-electron chi connectivity index (χ3n) is 11.5. The molecule has 0 atom stereocenters. The van der Waals surface area contributed by atoms with Gasteiger partial charge in [0, 0.05) is 16.5 Å². The molecule has 2 aromatic heterocycles. The second kappa shape index (κ2) is 15.6. The molecule has 0 bridgehead atoms. The van der Waals surface area contributed by atoms with Crippen molar-refractivity contribution in [1.82, 2.24) is 9.97 Å². The van der Waals surface area contributed by atoms with E-state index >= 15 is 0 Å². The zero-order chi connectivity index (χ0) is 40.5.